The van der Waals surface area contributed by atoms with Crippen LogP contribution in [-0.4, -0.2) is 28.9 Å². The molecule has 2 rings (SSSR count). The van der Waals surface area contributed by atoms with E-state index in [9.17, 15) is 4.79 Å². The molecule has 0 bridgehead atoms. The van der Waals surface area contributed by atoms with E-state index in [0.29, 0.717) is 12.2 Å². The number of hydrogen-bond acceptors (Lipinski definition) is 4. The molecule has 0 heterocycles. The summed E-state index contributed by atoms with van der Waals surface area (Å²) in [6.45, 7) is 8.73. The number of nitrogens with two attached hydrogens (primary N) is 1. The van der Waals surface area contributed by atoms with Crippen LogP contribution >= 0.6 is 0 Å². The van der Waals surface area contributed by atoms with Crippen molar-refractivity contribution in [2.24, 2.45) is 11.3 Å². The predicted octanol–water partition coefficient (Wildman–Crippen LogP) is 1.43. The molecule has 2 unspecified atom stereocenters. The van der Waals surface area contributed by atoms with E-state index in [-0.39, 0.29) is 17.4 Å². The minimum atomic E-state index is -2.07. The van der Waals surface area contributed by atoms with Crippen LogP contribution in [0.5, 0.6) is 0 Å². The first kappa shape index (κ1) is 22.6. The monoisotopic (exact) mass is 375 g/mol. The predicted molar refractivity (Wildman–Crippen MR) is 100 cm³/mol. The van der Waals surface area contributed by atoms with Crippen molar-refractivity contribution in [3.05, 3.63) is 42.0 Å². The number of carbonyl (C=O) groups excluding carboxylic acids is 2. The van der Waals surface area contributed by atoms with E-state index in [0.717, 1.165) is 12.8 Å². The number of benzene rings is 1. The topological polar surface area (TPSA) is 111 Å². The second kappa shape index (κ2) is 10.0. The number of carboxylic acids is 2. The standard InChI is InChI=1S/C19H27NO.C2H2O4/c1-14-9-8-12-19(3,4)18(14)17(21)13-15(2)20-16-10-6-5-7-11-16;3-1(4)2(5)6/h5-7,9-11,15,18,20H,8,12-13H2,1-4H3;(H,3,4)(H,5,6). The van der Waals surface area contributed by atoms with Crippen LogP contribution < -0.4 is 10.4 Å². The molecule has 0 amide bonds. The number of ketones is 1. The molecular formula is C21H29NO5. The van der Waals surface area contributed by atoms with Crippen LogP contribution in [0.25, 0.3) is 0 Å². The Hall–Kier alpha value is -2.47. The lowest BCUT2D eigenvalue weighted by atomic mass is 9.66. The zero-order valence-corrected chi connectivity index (χ0v) is 16.4. The van der Waals surface area contributed by atoms with Crippen molar-refractivity contribution in [2.45, 2.75) is 53.0 Å². The SMILES string of the molecule is CC1=CCCC(C)(C)C1C(=O)CC(C)[NH2+]c1ccccc1.O=C([O-])C(=O)O. The van der Waals surface area contributed by atoms with Crippen LogP contribution in [-0.2, 0) is 14.4 Å². The van der Waals surface area contributed by atoms with Gasteiger partial charge in [-0.25, -0.2) is 4.79 Å². The number of carboxylic acid groups (broad SMARTS) is 2. The molecule has 1 aromatic carbocycles. The highest BCUT2D eigenvalue weighted by atomic mass is 16.4. The molecule has 6 nitrogen and oxygen atoms in total. The first-order valence-corrected chi connectivity index (χ1v) is 9.08. The van der Waals surface area contributed by atoms with Crippen molar-refractivity contribution in [2.75, 3.05) is 0 Å². The average molecular weight is 375 g/mol. The zero-order chi connectivity index (χ0) is 20.6. The molecule has 0 saturated heterocycles. The summed E-state index contributed by atoms with van der Waals surface area (Å²) in [4.78, 5) is 30.8. The van der Waals surface area contributed by atoms with Gasteiger partial charge < -0.3 is 20.3 Å². The van der Waals surface area contributed by atoms with E-state index in [4.69, 9.17) is 19.8 Å². The van der Waals surface area contributed by atoms with Gasteiger partial charge in [0.25, 0.3) is 0 Å². The van der Waals surface area contributed by atoms with Crippen molar-refractivity contribution in [3.8, 4) is 0 Å². The number of hydrogen-bond donors (Lipinski definition) is 2. The third-order valence-electron chi connectivity index (χ3n) is 4.79. The van der Waals surface area contributed by atoms with Gasteiger partial charge in [-0.3, -0.25) is 4.79 Å². The lowest BCUT2D eigenvalue weighted by Crippen LogP contribution is -2.84. The molecule has 1 aromatic rings. The van der Waals surface area contributed by atoms with Gasteiger partial charge in [0.15, 0.2) is 5.97 Å². The largest absolute Gasteiger partial charge is 0.539 e. The Morgan fingerprint density at radius 3 is 2.30 bits per heavy atom. The van der Waals surface area contributed by atoms with Crippen molar-refractivity contribution in [3.63, 3.8) is 0 Å². The molecule has 0 radical (unpaired) electrons. The Kier molecular flexibility index (Phi) is 8.37. The lowest BCUT2D eigenvalue weighted by molar-refractivity contribution is -0.606. The van der Waals surface area contributed by atoms with E-state index in [1.807, 2.05) is 18.2 Å². The Balaban J connectivity index is 0.000000527. The normalized spacial score (nSPS) is 19.1. The highest BCUT2D eigenvalue weighted by molar-refractivity contribution is 6.26. The van der Waals surface area contributed by atoms with Crippen molar-refractivity contribution >= 4 is 23.4 Å². The van der Waals surface area contributed by atoms with Crippen LogP contribution in [0.1, 0.15) is 47.0 Å². The summed E-state index contributed by atoms with van der Waals surface area (Å²) in [5, 5.41) is 18.5. The van der Waals surface area contributed by atoms with Gasteiger partial charge in [-0.15, -0.1) is 0 Å². The highest BCUT2D eigenvalue weighted by Crippen LogP contribution is 2.41. The number of para-hydroxylation sites is 1. The smallest absolute Gasteiger partial charge is 0.351 e. The van der Waals surface area contributed by atoms with Crippen LogP contribution in [0.4, 0.5) is 5.69 Å². The summed E-state index contributed by atoms with van der Waals surface area (Å²) in [6.07, 6.45) is 5.10. The van der Waals surface area contributed by atoms with Gasteiger partial charge in [0.2, 0.25) is 0 Å². The third kappa shape index (κ3) is 7.35. The third-order valence-corrected chi connectivity index (χ3v) is 4.79. The molecule has 1 aliphatic carbocycles. The molecular weight excluding hydrogens is 346 g/mol. The maximum absolute atomic E-state index is 12.8. The van der Waals surface area contributed by atoms with Crippen molar-refractivity contribution < 1.29 is 29.9 Å². The Bertz CT molecular complexity index is 682. The minimum absolute atomic E-state index is 0.0953. The second-order valence-corrected chi connectivity index (χ2v) is 7.73. The molecule has 0 aromatic heterocycles. The van der Waals surface area contributed by atoms with Crippen LogP contribution in [0, 0.1) is 11.3 Å². The zero-order valence-electron chi connectivity index (χ0n) is 16.4. The summed E-state index contributed by atoms with van der Waals surface area (Å²) in [5.74, 6) is -3.52. The first-order chi connectivity index (χ1) is 12.5. The molecule has 0 spiro atoms. The van der Waals surface area contributed by atoms with Crippen molar-refractivity contribution in [1.82, 2.24) is 0 Å². The van der Waals surface area contributed by atoms with Crippen molar-refractivity contribution in [1.29, 1.82) is 0 Å². The second-order valence-electron chi connectivity index (χ2n) is 7.73. The summed E-state index contributed by atoms with van der Waals surface area (Å²) >= 11 is 0. The van der Waals surface area contributed by atoms with Gasteiger partial charge in [0, 0.05) is 5.92 Å². The number of carbonyl (C=O) groups is 3. The average Bonchev–Trinajstić information content (AvgIpc) is 2.55. The molecule has 3 N–H and O–H groups in total. The van der Waals surface area contributed by atoms with Gasteiger partial charge in [0.05, 0.1) is 12.5 Å². The van der Waals surface area contributed by atoms with Gasteiger partial charge in [0.1, 0.15) is 11.5 Å². The summed E-state index contributed by atoms with van der Waals surface area (Å²) in [5.41, 5.74) is 2.57. The fraction of sp³-hybridized carbons (Fsp3) is 0.476. The lowest BCUT2D eigenvalue weighted by Gasteiger charge is -2.37. The summed E-state index contributed by atoms with van der Waals surface area (Å²) in [7, 11) is 0. The molecule has 6 heteroatoms. The van der Waals surface area contributed by atoms with Gasteiger partial charge in [-0.05, 0) is 44.2 Å². The fourth-order valence-electron chi connectivity index (χ4n) is 3.63. The molecule has 148 valence electrons. The molecule has 0 fully saturated rings. The Morgan fingerprint density at radius 2 is 1.81 bits per heavy atom. The highest BCUT2D eigenvalue weighted by Gasteiger charge is 2.38. The van der Waals surface area contributed by atoms with Crippen LogP contribution in [0.15, 0.2) is 42.0 Å². The van der Waals surface area contributed by atoms with Gasteiger partial charge >= 0.3 is 5.97 Å². The maximum atomic E-state index is 12.8. The summed E-state index contributed by atoms with van der Waals surface area (Å²) in [6, 6.07) is 10.6. The number of Topliss-reactive ketones (excluding diaryl/α,β-unsaturated/α-hetero) is 1. The maximum Gasteiger partial charge on any atom is 0.351 e. The molecule has 1 aliphatic rings. The van der Waals surface area contributed by atoms with E-state index in [1.54, 1.807) is 0 Å². The first-order valence-electron chi connectivity index (χ1n) is 9.08. The van der Waals surface area contributed by atoms with E-state index < -0.39 is 11.9 Å². The van der Waals surface area contributed by atoms with Crippen LogP contribution in [0.2, 0.25) is 0 Å². The Labute approximate surface area is 160 Å². The fourth-order valence-corrected chi connectivity index (χ4v) is 3.63. The van der Waals surface area contributed by atoms with E-state index in [1.165, 1.54) is 11.3 Å². The molecule has 0 aliphatic heterocycles. The molecule has 2 atom stereocenters. The number of allylic oxidation sites excluding steroid dienone is 2. The number of rotatable bonds is 5. The van der Waals surface area contributed by atoms with Crippen LogP contribution in [0.3, 0.4) is 0 Å². The Morgan fingerprint density at radius 1 is 1.26 bits per heavy atom. The minimum Gasteiger partial charge on any atom is -0.539 e. The van der Waals surface area contributed by atoms with E-state index >= 15 is 0 Å². The van der Waals surface area contributed by atoms with E-state index in [2.05, 4.69) is 51.2 Å². The summed E-state index contributed by atoms with van der Waals surface area (Å²) < 4.78 is 0. The number of aliphatic carboxylic acids is 2. The molecule has 27 heavy (non-hydrogen) atoms. The number of quaternary nitrogens is 1. The van der Waals surface area contributed by atoms with Gasteiger partial charge in [-0.2, -0.15) is 0 Å². The quantitative estimate of drug-likeness (QED) is 0.459. The molecule has 0 saturated carbocycles. The van der Waals surface area contributed by atoms with Gasteiger partial charge in [-0.1, -0.05) is 43.7 Å².